The lowest BCUT2D eigenvalue weighted by Gasteiger charge is -2.20. The third-order valence-corrected chi connectivity index (χ3v) is 4.01. The van der Waals surface area contributed by atoms with Gasteiger partial charge in [-0.2, -0.15) is 0 Å². The molecule has 1 heterocycles. The Morgan fingerprint density at radius 3 is 2.55 bits per heavy atom. The van der Waals surface area contributed by atoms with Gasteiger partial charge in [0.25, 0.3) is 0 Å². The molecule has 3 heteroatoms. The summed E-state index contributed by atoms with van der Waals surface area (Å²) in [4.78, 5) is 2.59. The van der Waals surface area contributed by atoms with Crippen LogP contribution in [0.2, 0.25) is 0 Å². The summed E-state index contributed by atoms with van der Waals surface area (Å²) in [5.41, 5.74) is 1.37. The average molecular weight is 276 g/mol. The van der Waals surface area contributed by atoms with Crippen molar-refractivity contribution < 1.29 is 4.74 Å². The van der Waals surface area contributed by atoms with Crippen LogP contribution in [0.25, 0.3) is 0 Å². The van der Waals surface area contributed by atoms with Gasteiger partial charge >= 0.3 is 0 Å². The van der Waals surface area contributed by atoms with E-state index in [2.05, 4.69) is 29.3 Å². The van der Waals surface area contributed by atoms with E-state index in [4.69, 9.17) is 4.74 Å². The van der Waals surface area contributed by atoms with Crippen molar-refractivity contribution in [1.29, 1.82) is 0 Å². The van der Waals surface area contributed by atoms with Gasteiger partial charge in [-0.1, -0.05) is 19.1 Å². The monoisotopic (exact) mass is 276 g/mol. The first kappa shape index (κ1) is 15.3. The van der Waals surface area contributed by atoms with Crippen molar-refractivity contribution in [2.24, 2.45) is 5.92 Å². The second-order valence-electron chi connectivity index (χ2n) is 5.92. The fourth-order valence-corrected chi connectivity index (χ4v) is 2.84. The van der Waals surface area contributed by atoms with Crippen LogP contribution in [0.15, 0.2) is 24.3 Å². The Morgan fingerprint density at radius 2 is 1.90 bits per heavy atom. The van der Waals surface area contributed by atoms with E-state index < -0.39 is 0 Å². The molecule has 0 aromatic heterocycles. The minimum atomic E-state index is 0.740. The molecule has 0 bridgehead atoms. The van der Waals surface area contributed by atoms with Crippen molar-refractivity contribution >= 4 is 0 Å². The maximum absolute atomic E-state index is 5.17. The summed E-state index contributed by atoms with van der Waals surface area (Å²) in [6.45, 7) is 8.37. The standard InChI is InChI=1S/C17H28N2O/c1-15(14-19-11-3-4-12-19)13-18-10-9-16-5-7-17(20-2)8-6-16/h5-8,15,18H,3-4,9-14H2,1-2H3. The fraction of sp³-hybridized carbons (Fsp3) is 0.647. The van der Waals surface area contributed by atoms with E-state index in [1.807, 2.05) is 12.1 Å². The van der Waals surface area contributed by atoms with Gasteiger partial charge in [0.15, 0.2) is 0 Å². The van der Waals surface area contributed by atoms with Crippen molar-refractivity contribution in [2.75, 3.05) is 39.8 Å². The van der Waals surface area contributed by atoms with Crippen LogP contribution in [0, 0.1) is 5.92 Å². The molecule has 20 heavy (non-hydrogen) atoms. The Balaban J connectivity index is 1.58. The van der Waals surface area contributed by atoms with Gasteiger partial charge in [-0.25, -0.2) is 0 Å². The largest absolute Gasteiger partial charge is 0.497 e. The molecule has 1 unspecified atom stereocenters. The van der Waals surface area contributed by atoms with Gasteiger partial charge in [-0.3, -0.25) is 0 Å². The van der Waals surface area contributed by atoms with Crippen molar-refractivity contribution in [3.63, 3.8) is 0 Å². The Bertz CT molecular complexity index is 371. The highest BCUT2D eigenvalue weighted by atomic mass is 16.5. The summed E-state index contributed by atoms with van der Waals surface area (Å²) in [7, 11) is 1.71. The number of rotatable bonds is 8. The van der Waals surface area contributed by atoms with E-state index >= 15 is 0 Å². The Kier molecular flexibility index (Phi) is 6.34. The molecule has 0 radical (unpaired) electrons. The van der Waals surface area contributed by atoms with Crippen LogP contribution < -0.4 is 10.1 Å². The number of nitrogens with zero attached hydrogens (tertiary/aromatic N) is 1. The molecule has 1 saturated heterocycles. The van der Waals surface area contributed by atoms with Crippen molar-refractivity contribution in [1.82, 2.24) is 10.2 Å². The maximum Gasteiger partial charge on any atom is 0.118 e. The Labute approximate surface area is 123 Å². The van der Waals surface area contributed by atoms with Gasteiger partial charge in [0.1, 0.15) is 5.75 Å². The Morgan fingerprint density at radius 1 is 1.20 bits per heavy atom. The predicted molar refractivity (Wildman–Crippen MR) is 84.4 cm³/mol. The lowest BCUT2D eigenvalue weighted by molar-refractivity contribution is 0.283. The number of methoxy groups -OCH3 is 1. The molecule has 1 fully saturated rings. The second-order valence-corrected chi connectivity index (χ2v) is 5.92. The van der Waals surface area contributed by atoms with Crippen LogP contribution in [0.3, 0.4) is 0 Å². The zero-order chi connectivity index (χ0) is 14.2. The molecular formula is C17H28N2O. The lowest BCUT2D eigenvalue weighted by Crippen LogP contribution is -2.32. The normalized spacial score (nSPS) is 17.3. The van der Waals surface area contributed by atoms with E-state index in [-0.39, 0.29) is 0 Å². The molecular weight excluding hydrogens is 248 g/mol. The molecule has 0 amide bonds. The number of benzene rings is 1. The zero-order valence-electron chi connectivity index (χ0n) is 12.9. The SMILES string of the molecule is COc1ccc(CCNCC(C)CN2CCCC2)cc1. The quantitative estimate of drug-likeness (QED) is 0.739. The van der Waals surface area contributed by atoms with Crippen molar-refractivity contribution in [2.45, 2.75) is 26.2 Å². The van der Waals surface area contributed by atoms with E-state index in [0.717, 1.165) is 31.2 Å². The minimum Gasteiger partial charge on any atom is -0.497 e. The summed E-state index contributed by atoms with van der Waals surface area (Å²) in [6.07, 6.45) is 3.86. The average Bonchev–Trinajstić information content (AvgIpc) is 2.97. The highest BCUT2D eigenvalue weighted by Gasteiger charge is 2.14. The third-order valence-electron chi connectivity index (χ3n) is 4.01. The molecule has 1 atom stereocenters. The van der Waals surface area contributed by atoms with Gasteiger partial charge in [-0.05, 0) is 69.1 Å². The molecule has 1 aliphatic rings. The summed E-state index contributed by atoms with van der Waals surface area (Å²) < 4.78 is 5.17. The topological polar surface area (TPSA) is 24.5 Å². The smallest absolute Gasteiger partial charge is 0.118 e. The fourth-order valence-electron chi connectivity index (χ4n) is 2.84. The zero-order valence-corrected chi connectivity index (χ0v) is 12.9. The van der Waals surface area contributed by atoms with Crippen LogP contribution in [0.5, 0.6) is 5.75 Å². The first-order valence-electron chi connectivity index (χ1n) is 7.84. The summed E-state index contributed by atoms with van der Waals surface area (Å²) in [5.74, 6) is 1.67. The number of likely N-dealkylation sites (tertiary alicyclic amines) is 1. The molecule has 0 aliphatic carbocycles. The minimum absolute atomic E-state index is 0.740. The van der Waals surface area contributed by atoms with Gasteiger partial charge < -0.3 is 15.0 Å². The Hall–Kier alpha value is -1.06. The number of hydrogen-bond acceptors (Lipinski definition) is 3. The first-order chi connectivity index (χ1) is 9.78. The van der Waals surface area contributed by atoms with Crippen molar-refractivity contribution in [3.8, 4) is 5.75 Å². The molecule has 0 saturated carbocycles. The summed E-state index contributed by atoms with van der Waals surface area (Å²) >= 11 is 0. The maximum atomic E-state index is 5.17. The molecule has 1 aromatic carbocycles. The van der Waals surface area contributed by atoms with Gasteiger partial charge in [-0.15, -0.1) is 0 Å². The van der Waals surface area contributed by atoms with Crippen LogP contribution in [-0.2, 0) is 6.42 Å². The molecule has 112 valence electrons. The van der Waals surface area contributed by atoms with Crippen molar-refractivity contribution in [3.05, 3.63) is 29.8 Å². The predicted octanol–water partition coefficient (Wildman–Crippen LogP) is 2.56. The highest BCUT2D eigenvalue weighted by Crippen LogP contribution is 2.12. The number of nitrogens with one attached hydrogen (secondary N) is 1. The van der Waals surface area contributed by atoms with Gasteiger partial charge in [0.05, 0.1) is 7.11 Å². The highest BCUT2D eigenvalue weighted by molar-refractivity contribution is 5.27. The molecule has 1 N–H and O–H groups in total. The summed E-state index contributed by atoms with van der Waals surface area (Å²) in [5, 5.41) is 3.58. The summed E-state index contributed by atoms with van der Waals surface area (Å²) in [6, 6.07) is 8.36. The van der Waals surface area contributed by atoms with E-state index in [9.17, 15) is 0 Å². The lowest BCUT2D eigenvalue weighted by atomic mass is 10.1. The number of hydrogen-bond donors (Lipinski definition) is 1. The van der Waals surface area contributed by atoms with Gasteiger partial charge in [0, 0.05) is 6.54 Å². The molecule has 0 spiro atoms. The number of ether oxygens (including phenoxy) is 1. The molecule has 1 aliphatic heterocycles. The molecule has 3 nitrogen and oxygen atoms in total. The first-order valence-corrected chi connectivity index (χ1v) is 7.84. The van der Waals surface area contributed by atoms with E-state index in [0.29, 0.717) is 0 Å². The van der Waals surface area contributed by atoms with E-state index in [1.165, 1.54) is 38.0 Å². The van der Waals surface area contributed by atoms with Crippen LogP contribution in [-0.4, -0.2) is 44.7 Å². The third kappa shape index (κ3) is 5.14. The molecule has 1 aromatic rings. The van der Waals surface area contributed by atoms with Crippen LogP contribution in [0.1, 0.15) is 25.3 Å². The van der Waals surface area contributed by atoms with Crippen LogP contribution in [0.4, 0.5) is 0 Å². The second kappa shape index (κ2) is 8.28. The molecule has 2 rings (SSSR count). The van der Waals surface area contributed by atoms with Crippen LogP contribution >= 0.6 is 0 Å². The van der Waals surface area contributed by atoms with Gasteiger partial charge in [0.2, 0.25) is 0 Å². The van der Waals surface area contributed by atoms with E-state index in [1.54, 1.807) is 7.11 Å².